The summed E-state index contributed by atoms with van der Waals surface area (Å²) in [4.78, 5) is 35.5. The topological polar surface area (TPSA) is 149 Å². The fourth-order valence-electron chi connectivity index (χ4n) is 4.86. The SMILES string of the molecule is NS(=O)(=O)c1ccc(CCNC(=O)CSc2nc3cc(C(=O)NCc4ccccc4)ccc3c3nc4ccccc4n23)cc1. The second-order valence-electron chi connectivity index (χ2n) is 10.1. The first kappa shape index (κ1) is 29.3. The molecule has 6 aromatic rings. The van der Waals surface area contributed by atoms with E-state index in [9.17, 15) is 18.0 Å². The fourth-order valence-corrected chi connectivity index (χ4v) is 6.21. The zero-order chi connectivity index (χ0) is 30.7. The second-order valence-corrected chi connectivity index (χ2v) is 12.6. The van der Waals surface area contributed by atoms with Gasteiger partial charge >= 0.3 is 0 Å². The van der Waals surface area contributed by atoms with Gasteiger partial charge in [-0.2, -0.15) is 0 Å². The molecule has 0 atom stereocenters. The van der Waals surface area contributed by atoms with Gasteiger partial charge in [0.1, 0.15) is 5.65 Å². The third-order valence-electron chi connectivity index (χ3n) is 7.08. The zero-order valence-corrected chi connectivity index (χ0v) is 25.1. The number of imidazole rings is 1. The van der Waals surface area contributed by atoms with Crippen molar-refractivity contribution >= 4 is 61.2 Å². The van der Waals surface area contributed by atoms with Gasteiger partial charge in [0.25, 0.3) is 5.91 Å². The lowest BCUT2D eigenvalue weighted by Gasteiger charge is -2.11. The number of primary sulfonamides is 1. The van der Waals surface area contributed by atoms with Crippen LogP contribution < -0.4 is 15.8 Å². The number of carbonyl (C=O) groups excluding carboxylic acids is 2. The molecular formula is C32H28N6O4S2. The number of benzene rings is 4. The van der Waals surface area contributed by atoms with Crippen molar-refractivity contribution in [1.29, 1.82) is 0 Å². The summed E-state index contributed by atoms with van der Waals surface area (Å²) in [6.45, 7) is 0.789. The van der Waals surface area contributed by atoms with Crippen LogP contribution in [0.3, 0.4) is 0 Å². The molecule has 0 bridgehead atoms. The molecule has 2 heterocycles. The van der Waals surface area contributed by atoms with Crippen molar-refractivity contribution in [3.63, 3.8) is 0 Å². The number of carbonyl (C=O) groups is 2. The third kappa shape index (κ3) is 6.42. The van der Waals surface area contributed by atoms with Gasteiger partial charge in [0.05, 0.1) is 27.2 Å². The van der Waals surface area contributed by atoms with E-state index in [4.69, 9.17) is 15.1 Å². The molecule has 0 aliphatic carbocycles. The first-order chi connectivity index (χ1) is 21.3. The standard InChI is InChI=1S/C32H28N6O4S2/c33-44(41,42)24-13-10-21(11-14-24)16-17-34-29(39)20-43-32-37-27-18-23(31(40)35-19-22-6-2-1-3-7-22)12-15-25(27)30-36-26-8-4-5-9-28(26)38(30)32/h1-15,18H,16-17,19-20H2,(H,34,39)(H,35,40)(H2,33,41,42). The van der Waals surface area contributed by atoms with E-state index >= 15 is 0 Å². The Hall–Kier alpha value is -4.78. The van der Waals surface area contributed by atoms with Crippen LogP contribution in [0.25, 0.3) is 27.6 Å². The Morgan fingerprint density at radius 1 is 0.818 bits per heavy atom. The molecule has 4 aromatic carbocycles. The summed E-state index contributed by atoms with van der Waals surface area (Å²) in [6.07, 6.45) is 0.529. The van der Waals surface area contributed by atoms with E-state index in [1.807, 2.05) is 65.1 Å². The van der Waals surface area contributed by atoms with Crippen molar-refractivity contribution in [3.05, 3.63) is 114 Å². The van der Waals surface area contributed by atoms with Gasteiger partial charge in [-0.25, -0.2) is 23.5 Å². The van der Waals surface area contributed by atoms with Crippen LogP contribution in [0.5, 0.6) is 0 Å². The van der Waals surface area contributed by atoms with Gasteiger partial charge in [-0.3, -0.25) is 14.0 Å². The molecule has 0 unspecified atom stereocenters. The van der Waals surface area contributed by atoms with E-state index in [0.717, 1.165) is 27.5 Å². The van der Waals surface area contributed by atoms with Gasteiger partial charge in [0, 0.05) is 24.0 Å². The number of amides is 2. The van der Waals surface area contributed by atoms with Crippen LogP contribution in [0.1, 0.15) is 21.5 Å². The summed E-state index contributed by atoms with van der Waals surface area (Å²) in [5, 5.41) is 12.4. The van der Waals surface area contributed by atoms with Crippen molar-refractivity contribution < 1.29 is 18.0 Å². The highest BCUT2D eigenvalue weighted by atomic mass is 32.2. The molecule has 0 spiro atoms. The van der Waals surface area contributed by atoms with E-state index in [1.165, 1.54) is 23.9 Å². The van der Waals surface area contributed by atoms with Gasteiger partial charge in [-0.1, -0.05) is 66.4 Å². The second kappa shape index (κ2) is 12.4. The molecule has 0 aliphatic heterocycles. The molecule has 0 aliphatic rings. The first-order valence-corrected chi connectivity index (χ1v) is 16.3. The van der Waals surface area contributed by atoms with Crippen molar-refractivity contribution in [3.8, 4) is 0 Å². The van der Waals surface area contributed by atoms with Gasteiger partial charge < -0.3 is 10.6 Å². The summed E-state index contributed by atoms with van der Waals surface area (Å²) in [5.74, 6) is -0.273. The summed E-state index contributed by atoms with van der Waals surface area (Å²) in [7, 11) is -3.75. The van der Waals surface area contributed by atoms with E-state index < -0.39 is 10.0 Å². The Labute approximate surface area is 257 Å². The lowest BCUT2D eigenvalue weighted by molar-refractivity contribution is -0.118. The number of nitrogens with zero attached hydrogens (tertiary/aromatic N) is 3. The van der Waals surface area contributed by atoms with Crippen molar-refractivity contribution in [2.45, 2.75) is 23.0 Å². The molecule has 2 aromatic heterocycles. The van der Waals surface area contributed by atoms with E-state index in [-0.39, 0.29) is 22.5 Å². The smallest absolute Gasteiger partial charge is 0.251 e. The predicted molar refractivity (Wildman–Crippen MR) is 171 cm³/mol. The third-order valence-corrected chi connectivity index (χ3v) is 8.95. The summed E-state index contributed by atoms with van der Waals surface area (Å²) >= 11 is 1.28. The Bertz CT molecular complexity index is 2110. The van der Waals surface area contributed by atoms with Crippen molar-refractivity contribution in [2.75, 3.05) is 12.3 Å². The Balaban J connectivity index is 1.20. The zero-order valence-electron chi connectivity index (χ0n) is 23.4. The van der Waals surface area contributed by atoms with Crippen LogP contribution in [-0.2, 0) is 27.8 Å². The number of hydrogen-bond donors (Lipinski definition) is 3. The number of aromatic nitrogens is 3. The van der Waals surface area contributed by atoms with Crippen LogP contribution in [0.2, 0.25) is 0 Å². The Kier molecular flexibility index (Phi) is 8.29. The van der Waals surface area contributed by atoms with Crippen molar-refractivity contribution in [2.24, 2.45) is 5.14 Å². The predicted octanol–water partition coefficient (Wildman–Crippen LogP) is 4.06. The minimum absolute atomic E-state index is 0.0443. The highest BCUT2D eigenvalue weighted by Gasteiger charge is 2.17. The molecule has 0 saturated carbocycles. The minimum Gasteiger partial charge on any atom is -0.355 e. The molecule has 10 nitrogen and oxygen atoms in total. The van der Waals surface area contributed by atoms with Crippen LogP contribution in [0.15, 0.2) is 107 Å². The average molecular weight is 625 g/mol. The van der Waals surface area contributed by atoms with Crippen LogP contribution >= 0.6 is 11.8 Å². The number of rotatable bonds is 10. The summed E-state index contributed by atoms with van der Waals surface area (Å²) in [5.41, 5.74) is 5.31. The molecular weight excluding hydrogens is 597 g/mol. The minimum atomic E-state index is -3.75. The Morgan fingerprint density at radius 2 is 1.57 bits per heavy atom. The number of thioether (sulfide) groups is 1. The maximum atomic E-state index is 13.0. The van der Waals surface area contributed by atoms with Gasteiger partial charge in [0.2, 0.25) is 15.9 Å². The number of hydrogen-bond acceptors (Lipinski definition) is 7. The van der Waals surface area contributed by atoms with E-state index in [2.05, 4.69) is 10.6 Å². The molecule has 222 valence electrons. The van der Waals surface area contributed by atoms with Gasteiger partial charge in [-0.15, -0.1) is 0 Å². The fraction of sp³-hybridized carbons (Fsp3) is 0.125. The molecule has 4 N–H and O–H groups in total. The van der Waals surface area contributed by atoms with E-state index in [1.54, 1.807) is 24.3 Å². The number of sulfonamides is 1. The number of nitrogens with one attached hydrogen (secondary N) is 2. The molecule has 2 amide bonds. The van der Waals surface area contributed by atoms with Crippen LogP contribution in [0, 0.1) is 0 Å². The summed E-state index contributed by atoms with van der Waals surface area (Å²) in [6, 6.07) is 29.1. The molecule has 12 heteroatoms. The van der Waals surface area contributed by atoms with Crippen LogP contribution in [-0.4, -0.2) is 46.9 Å². The van der Waals surface area contributed by atoms with Gasteiger partial charge in [0.15, 0.2) is 5.16 Å². The van der Waals surface area contributed by atoms with Crippen LogP contribution in [0.4, 0.5) is 0 Å². The van der Waals surface area contributed by atoms with E-state index in [0.29, 0.717) is 41.4 Å². The highest BCUT2D eigenvalue weighted by Crippen LogP contribution is 2.29. The number of para-hydroxylation sites is 2. The molecule has 0 radical (unpaired) electrons. The lowest BCUT2D eigenvalue weighted by atomic mass is 10.1. The van der Waals surface area contributed by atoms with Crippen molar-refractivity contribution in [1.82, 2.24) is 25.0 Å². The lowest BCUT2D eigenvalue weighted by Crippen LogP contribution is -2.27. The maximum absolute atomic E-state index is 13.0. The molecule has 0 fully saturated rings. The number of nitrogens with two attached hydrogens (primary N) is 1. The average Bonchev–Trinajstić information content (AvgIpc) is 3.43. The largest absolute Gasteiger partial charge is 0.355 e. The molecule has 44 heavy (non-hydrogen) atoms. The molecule has 6 rings (SSSR count). The number of fused-ring (bicyclic) bond motifs is 5. The normalized spacial score (nSPS) is 11.7. The molecule has 0 saturated heterocycles. The summed E-state index contributed by atoms with van der Waals surface area (Å²) < 4.78 is 24.9. The quantitative estimate of drug-likeness (QED) is 0.154. The monoisotopic (exact) mass is 624 g/mol. The highest BCUT2D eigenvalue weighted by molar-refractivity contribution is 7.99. The van der Waals surface area contributed by atoms with Gasteiger partial charge in [-0.05, 0) is 60.0 Å². The maximum Gasteiger partial charge on any atom is 0.251 e. The Morgan fingerprint density at radius 3 is 2.34 bits per heavy atom. The first-order valence-electron chi connectivity index (χ1n) is 13.8.